The Labute approximate surface area is 169 Å². The molecular weight excluding hydrogens is 433 g/mol. The molecule has 0 amide bonds. The van der Waals surface area contributed by atoms with E-state index in [0.717, 1.165) is 11.6 Å². The third kappa shape index (κ3) is 3.81. The van der Waals surface area contributed by atoms with E-state index in [9.17, 15) is 13.2 Å². The second kappa shape index (κ2) is 7.78. The second-order valence-electron chi connectivity index (χ2n) is 5.22. The topological polar surface area (TPSA) is 125 Å². The third-order valence-corrected chi connectivity index (χ3v) is 5.05. The van der Waals surface area contributed by atoms with Crippen LogP contribution in [-0.4, -0.2) is 47.7 Å². The Morgan fingerprint density at radius 3 is 2.71 bits per heavy atom. The monoisotopic (exact) mass is 445 g/mol. The van der Waals surface area contributed by atoms with E-state index >= 15 is 0 Å². The number of para-hydroxylation sites is 1. The van der Waals surface area contributed by atoms with E-state index in [1.807, 2.05) is 0 Å². The van der Waals surface area contributed by atoms with E-state index in [1.54, 1.807) is 6.92 Å². The number of halogens is 2. The number of methoxy groups -OCH3 is 1. The maximum Gasteiger partial charge on any atom is 0.340 e. The molecule has 0 saturated heterocycles. The zero-order valence-electron chi connectivity index (χ0n) is 14.5. The fraction of sp³-hybridized carbons (Fsp3) is 0.200. The lowest BCUT2D eigenvalue weighted by Gasteiger charge is -2.11. The predicted molar refractivity (Wildman–Crippen MR) is 101 cm³/mol. The first kappa shape index (κ1) is 20.1. The van der Waals surface area contributed by atoms with Gasteiger partial charge in [0.1, 0.15) is 5.15 Å². The van der Waals surface area contributed by atoms with Crippen molar-refractivity contribution in [1.29, 1.82) is 0 Å². The number of benzene rings is 1. The fourth-order valence-electron chi connectivity index (χ4n) is 2.24. The van der Waals surface area contributed by atoms with E-state index in [2.05, 4.69) is 24.5 Å². The Kier molecular flexibility index (Phi) is 5.59. The summed E-state index contributed by atoms with van der Waals surface area (Å²) in [4.78, 5) is 19.8. The molecule has 28 heavy (non-hydrogen) atoms. The molecule has 3 rings (SSSR count). The number of nitrogens with zero attached hydrogens (tertiary/aromatic N) is 4. The Morgan fingerprint density at radius 1 is 1.29 bits per heavy atom. The molecule has 3 aromatic rings. The van der Waals surface area contributed by atoms with Crippen molar-refractivity contribution in [3.63, 3.8) is 0 Å². The maximum absolute atomic E-state index is 12.8. The zero-order valence-corrected chi connectivity index (χ0v) is 16.8. The van der Waals surface area contributed by atoms with Gasteiger partial charge < -0.3 is 9.47 Å². The summed E-state index contributed by atoms with van der Waals surface area (Å²) < 4.78 is 38.8. The van der Waals surface area contributed by atoms with Crippen LogP contribution in [0.2, 0.25) is 10.2 Å². The SMILES string of the molecule is CCOc1nc(Cl)cc2nc(S(=O)(=O)Nc3c(Cl)cccc3C(=O)OC)nn12. The Bertz CT molecular complexity index is 1170. The average molecular weight is 446 g/mol. The molecule has 0 saturated carbocycles. The van der Waals surface area contributed by atoms with E-state index in [0.29, 0.717) is 0 Å². The Morgan fingerprint density at radius 2 is 2.04 bits per heavy atom. The summed E-state index contributed by atoms with van der Waals surface area (Å²) in [7, 11) is -3.15. The van der Waals surface area contributed by atoms with Crippen molar-refractivity contribution in [2.24, 2.45) is 0 Å². The third-order valence-electron chi connectivity index (χ3n) is 3.41. The van der Waals surface area contributed by atoms with E-state index in [1.165, 1.54) is 24.3 Å². The van der Waals surface area contributed by atoms with E-state index < -0.39 is 21.1 Å². The van der Waals surface area contributed by atoms with Gasteiger partial charge in [0, 0.05) is 6.07 Å². The minimum Gasteiger partial charge on any atom is -0.465 e. The van der Waals surface area contributed by atoms with Gasteiger partial charge in [-0.1, -0.05) is 29.3 Å². The van der Waals surface area contributed by atoms with E-state index in [-0.39, 0.29) is 39.7 Å². The molecule has 0 aliphatic carbocycles. The smallest absolute Gasteiger partial charge is 0.340 e. The number of fused-ring (bicyclic) bond motifs is 1. The van der Waals surface area contributed by atoms with Crippen molar-refractivity contribution in [1.82, 2.24) is 19.6 Å². The molecule has 0 aliphatic heterocycles. The fourth-order valence-corrected chi connectivity index (χ4v) is 3.67. The van der Waals surface area contributed by atoms with Gasteiger partial charge in [-0.15, -0.1) is 5.10 Å². The van der Waals surface area contributed by atoms with Gasteiger partial charge in [0.05, 0.1) is 30.0 Å². The van der Waals surface area contributed by atoms with Gasteiger partial charge >= 0.3 is 12.0 Å². The van der Waals surface area contributed by atoms with Crippen molar-refractivity contribution in [2.75, 3.05) is 18.4 Å². The van der Waals surface area contributed by atoms with Crippen LogP contribution in [0.25, 0.3) is 5.65 Å². The second-order valence-corrected chi connectivity index (χ2v) is 7.59. The van der Waals surface area contributed by atoms with Crippen molar-refractivity contribution < 1.29 is 22.7 Å². The predicted octanol–water partition coefficient (Wildman–Crippen LogP) is 2.42. The van der Waals surface area contributed by atoms with Gasteiger partial charge in [-0.2, -0.15) is 22.9 Å². The van der Waals surface area contributed by atoms with Crippen molar-refractivity contribution in [3.05, 3.63) is 40.0 Å². The standard InChI is InChI=1S/C15H13Cl2N5O5S/c1-3-27-15-18-10(17)7-11-19-14(20-22(11)15)28(24,25)21-12-8(13(23)26-2)5-4-6-9(12)16/h4-7,21H,3H2,1-2H3. The summed E-state index contributed by atoms with van der Waals surface area (Å²) in [5.41, 5.74) is -0.116. The number of carbonyl (C=O) groups excluding carboxylic acids is 1. The van der Waals surface area contributed by atoms with Crippen LogP contribution in [-0.2, 0) is 14.8 Å². The number of nitrogens with one attached hydrogen (secondary N) is 1. The molecule has 2 aromatic heterocycles. The molecule has 0 fully saturated rings. The number of hydrogen-bond acceptors (Lipinski definition) is 8. The molecule has 1 N–H and O–H groups in total. The largest absolute Gasteiger partial charge is 0.465 e. The summed E-state index contributed by atoms with van der Waals surface area (Å²) in [5, 5.41) is 3.37. The van der Waals surface area contributed by atoms with Crippen LogP contribution >= 0.6 is 23.2 Å². The number of aromatic nitrogens is 4. The number of carbonyl (C=O) groups is 1. The van der Waals surface area contributed by atoms with Gasteiger partial charge in [-0.25, -0.2) is 4.79 Å². The molecule has 0 unspecified atom stereocenters. The number of rotatable bonds is 6. The first-order valence-corrected chi connectivity index (χ1v) is 9.96. The number of anilines is 1. The number of esters is 1. The average Bonchev–Trinajstić information content (AvgIpc) is 3.08. The van der Waals surface area contributed by atoms with Crippen LogP contribution < -0.4 is 9.46 Å². The van der Waals surface area contributed by atoms with Gasteiger partial charge in [0.2, 0.25) is 0 Å². The highest BCUT2D eigenvalue weighted by molar-refractivity contribution is 7.92. The molecule has 0 aliphatic rings. The molecule has 0 spiro atoms. The molecule has 0 atom stereocenters. The summed E-state index contributed by atoms with van der Waals surface area (Å²) in [5.74, 6) is -0.766. The Hall–Kier alpha value is -2.63. The quantitative estimate of drug-likeness (QED) is 0.452. The molecule has 1 aromatic carbocycles. The molecule has 2 heterocycles. The molecule has 148 valence electrons. The molecule has 0 radical (unpaired) electrons. The van der Waals surface area contributed by atoms with Crippen molar-refractivity contribution >= 4 is 50.5 Å². The zero-order chi connectivity index (χ0) is 20.5. The minimum absolute atomic E-state index is 0.00467. The first-order chi connectivity index (χ1) is 13.3. The highest BCUT2D eigenvalue weighted by atomic mass is 35.5. The van der Waals surface area contributed by atoms with Crippen LogP contribution in [0.1, 0.15) is 17.3 Å². The lowest BCUT2D eigenvalue weighted by molar-refractivity contribution is 0.0602. The molecule has 13 heteroatoms. The number of hydrogen-bond donors (Lipinski definition) is 1. The summed E-state index contributed by atoms with van der Waals surface area (Å²) in [6, 6.07) is 5.57. The number of ether oxygens (including phenoxy) is 2. The molecule has 10 nitrogen and oxygen atoms in total. The van der Waals surface area contributed by atoms with Gasteiger partial charge in [0.25, 0.3) is 15.2 Å². The first-order valence-electron chi connectivity index (χ1n) is 7.72. The van der Waals surface area contributed by atoms with Crippen LogP contribution in [0.15, 0.2) is 29.4 Å². The summed E-state index contributed by atoms with van der Waals surface area (Å²) in [6.07, 6.45) is 0. The van der Waals surface area contributed by atoms with Crippen LogP contribution in [0.5, 0.6) is 6.01 Å². The minimum atomic E-state index is -4.32. The van der Waals surface area contributed by atoms with Crippen molar-refractivity contribution in [2.45, 2.75) is 12.1 Å². The highest BCUT2D eigenvalue weighted by Crippen LogP contribution is 2.29. The van der Waals surface area contributed by atoms with Crippen molar-refractivity contribution in [3.8, 4) is 6.01 Å². The lowest BCUT2D eigenvalue weighted by Crippen LogP contribution is -2.18. The van der Waals surface area contributed by atoms with Crippen LogP contribution in [0.4, 0.5) is 5.69 Å². The van der Waals surface area contributed by atoms with Gasteiger partial charge in [-0.05, 0) is 19.1 Å². The van der Waals surface area contributed by atoms with Crippen LogP contribution in [0, 0.1) is 0 Å². The summed E-state index contributed by atoms with van der Waals surface area (Å²) >= 11 is 12.0. The highest BCUT2D eigenvalue weighted by Gasteiger charge is 2.26. The van der Waals surface area contributed by atoms with E-state index in [4.69, 9.17) is 27.9 Å². The maximum atomic E-state index is 12.8. The molecule has 0 bridgehead atoms. The lowest BCUT2D eigenvalue weighted by atomic mass is 10.2. The van der Waals surface area contributed by atoms with Gasteiger partial charge in [0.15, 0.2) is 5.65 Å². The Balaban J connectivity index is 2.08. The van der Waals surface area contributed by atoms with Gasteiger partial charge in [-0.3, -0.25) is 4.72 Å². The summed E-state index contributed by atoms with van der Waals surface area (Å²) in [6.45, 7) is 1.97. The molecular formula is C15H13Cl2N5O5S. The normalized spacial score (nSPS) is 11.4. The number of sulfonamides is 1. The van der Waals surface area contributed by atoms with Crippen LogP contribution in [0.3, 0.4) is 0 Å².